The second-order valence-corrected chi connectivity index (χ2v) is 7.49. The molecule has 0 aliphatic carbocycles. The van der Waals surface area contributed by atoms with Gasteiger partial charge in [-0.3, -0.25) is 4.98 Å². The lowest BCUT2D eigenvalue weighted by atomic mass is 9.97. The molecule has 4 nitrogen and oxygen atoms in total. The lowest BCUT2D eigenvalue weighted by Crippen LogP contribution is -2.39. The number of nitrogens with one attached hydrogen (secondary N) is 2. The average Bonchev–Trinajstić information content (AvgIpc) is 2.70. The van der Waals surface area contributed by atoms with E-state index in [-0.39, 0.29) is 14.9 Å². The van der Waals surface area contributed by atoms with Crippen molar-refractivity contribution in [2.24, 2.45) is 5.92 Å². The normalized spacial score (nSPS) is 12.3. The van der Waals surface area contributed by atoms with Gasteiger partial charge < -0.3 is 10.6 Å². The van der Waals surface area contributed by atoms with Crippen LogP contribution in [0.3, 0.4) is 0 Å². The standard InChI is InChI=1S/C25H31N3O.2H2/c1-6-8-20(7-2)24(14-9-18(3)4)28-25(29)27-23-12-10-21(11-13-23)22-15-16-26-19(5)17-22;;/h6-8,10-13,15-18,24H,1-2,9,14H2,3-5H3,(H2,27,28,29);2*1H/b20-8+;;. The minimum atomic E-state index is -0.233. The molecule has 4 heteroatoms. The van der Waals surface area contributed by atoms with Gasteiger partial charge in [0.05, 0.1) is 6.04 Å². The van der Waals surface area contributed by atoms with Gasteiger partial charge in [0, 0.05) is 20.4 Å². The Hall–Kier alpha value is -3.14. The van der Waals surface area contributed by atoms with Crippen LogP contribution in [0.5, 0.6) is 0 Å². The smallest absolute Gasteiger partial charge is 0.319 e. The van der Waals surface area contributed by atoms with Gasteiger partial charge in [0.2, 0.25) is 0 Å². The van der Waals surface area contributed by atoms with Crippen molar-refractivity contribution in [1.29, 1.82) is 0 Å². The van der Waals surface area contributed by atoms with Crippen LogP contribution in [0, 0.1) is 12.8 Å². The van der Waals surface area contributed by atoms with Crippen molar-refractivity contribution < 1.29 is 7.65 Å². The Morgan fingerprint density at radius 1 is 1.14 bits per heavy atom. The fourth-order valence-corrected chi connectivity index (χ4v) is 3.08. The number of hydrogen-bond donors (Lipinski definition) is 2. The zero-order valence-electron chi connectivity index (χ0n) is 17.6. The molecule has 1 atom stereocenters. The summed E-state index contributed by atoms with van der Waals surface area (Å²) >= 11 is 0. The van der Waals surface area contributed by atoms with Crippen LogP contribution >= 0.6 is 0 Å². The van der Waals surface area contributed by atoms with E-state index in [9.17, 15) is 4.79 Å². The van der Waals surface area contributed by atoms with Gasteiger partial charge in [0.1, 0.15) is 0 Å². The molecule has 0 radical (unpaired) electrons. The van der Waals surface area contributed by atoms with Gasteiger partial charge in [-0.05, 0) is 66.6 Å². The molecule has 0 bridgehead atoms. The fourth-order valence-electron chi connectivity index (χ4n) is 3.08. The molecule has 0 fully saturated rings. The van der Waals surface area contributed by atoms with E-state index in [1.54, 1.807) is 18.3 Å². The van der Waals surface area contributed by atoms with Crippen LogP contribution in [0.25, 0.3) is 11.1 Å². The van der Waals surface area contributed by atoms with Crippen LogP contribution in [-0.4, -0.2) is 17.1 Å². The van der Waals surface area contributed by atoms with Crippen LogP contribution in [0.1, 0.15) is 35.2 Å². The predicted molar refractivity (Wildman–Crippen MR) is 127 cm³/mol. The van der Waals surface area contributed by atoms with Crippen LogP contribution in [-0.2, 0) is 0 Å². The highest BCUT2D eigenvalue weighted by atomic mass is 16.2. The molecule has 2 aromatic rings. The molecule has 1 unspecified atom stereocenters. The summed E-state index contributed by atoms with van der Waals surface area (Å²) < 4.78 is 0. The van der Waals surface area contributed by atoms with E-state index in [1.807, 2.05) is 49.4 Å². The largest absolute Gasteiger partial charge is 0.331 e. The molecule has 156 valence electrons. The lowest BCUT2D eigenvalue weighted by Gasteiger charge is -2.21. The first-order valence-corrected chi connectivity index (χ1v) is 9.98. The maximum absolute atomic E-state index is 12.6. The Kier molecular flexibility index (Phi) is 8.41. The minimum Gasteiger partial charge on any atom is -0.331 e. The van der Waals surface area contributed by atoms with Crippen molar-refractivity contribution in [1.82, 2.24) is 10.3 Å². The molecule has 1 aromatic carbocycles. The molecule has 0 saturated heterocycles. The number of aryl methyl sites for hydroxylation is 1. The number of amides is 2. The van der Waals surface area contributed by atoms with E-state index in [1.165, 1.54) is 0 Å². The van der Waals surface area contributed by atoms with E-state index in [0.29, 0.717) is 5.92 Å². The molecular weight excluding hydrogens is 358 g/mol. The molecule has 29 heavy (non-hydrogen) atoms. The minimum absolute atomic E-state index is 0. The van der Waals surface area contributed by atoms with E-state index in [0.717, 1.165) is 40.9 Å². The summed E-state index contributed by atoms with van der Waals surface area (Å²) in [6.45, 7) is 13.9. The third kappa shape index (κ3) is 7.07. The lowest BCUT2D eigenvalue weighted by molar-refractivity contribution is 0.249. The second-order valence-electron chi connectivity index (χ2n) is 7.49. The number of hydrogen-bond acceptors (Lipinski definition) is 2. The molecule has 1 aromatic heterocycles. The molecule has 0 spiro atoms. The zero-order chi connectivity index (χ0) is 21.2. The summed E-state index contributed by atoms with van der Waals surface area (Å²) in [6.07, 6.45) is 9.04. The van der Waals surface area contributed by atoms with E-state index in [2.05, 4.69) is 42.6 Å². The quantitative estimate of drug-likeness (QED) is 0.462. The third-order valence-corrected chi connectivity index (χ3v) is 4.66. The summed E-state index contributed by atoms with van der Waals surface area (Å²) in [4.78, 5) is 16.8. The van der Waals surface area contributed by atoms with Gasteiger partial charge >= 0.3 is 6.03 Å². The molecule has 0 saturated carbocycles. The summed E-state index contributed by atoms with van der Waals surface area (Å²) in [5, 5.41) is 5.99. The highest BCUT2D eigenvalue weighted by Crippen LogP contribution is 2.22. The summed E-state index contributed by atoms with van der Waals surface area (Å²) in [5.41, 5.74) is 4.86. The first-order chi connectivity index (χ1) is 13.9. The van der Waals surface area contributed by atoms with E-state index >= 15 is 0 Å². The van der Waals surface area contributed by atoms with Crippen molar-refractivity contribution >= 4 is 11.7 Å². The summed E-state index contributed by atoms with van der Waals surface area (Å²) in [5.74, 6) is 0.557. The Labute approximate surface area is 177 Å². The number of carbonyl (C=O) groups is 1. The first kappa shape index (κ1) is 22.2. The van der Waals surface area contributed by atoms with Gasteiger partial charge in [-0.2, -0.15) is 0 Å². The summed E-state index contributed by atoms with van der Waals surface area (Å²) in [7, 11) is 0. The van der Waals surface area contributed by atoms with Gasteiger partial charge in [-0.25, -0.2) is 4.79 Å². The van der Waals surface area contributed by atoms with Gasteiger partial charge in [0.25, 0.3) is 0 Å². The first-order valence-electron chi connectivity index (χ1n) is 9.98. The molecular formula is C25H35N3O. The van der Waals surface area contributed by atoms with Gasteiger partial charge in [0.15, 0.2) is 0 Å². The molecule has 0 aliphatic rings. The van der Waals surface area contributed by atoms with E-state index < -0.39 is 0 Å². The SMILES string of the molecule is C=C/C=C(\C=C)C(CCC(C)C)NC(=O)Nc1ccc(-c2ccnc(C)c2)cc1.[HH].[HH]. The number of anilines is 1. The van der Waals surface area contributed by atoms with Crippen LogP contribution in [0.15, 0.2) is 79.6 Å². The zero-order valence-corrected chi connectivity index (χ0v) is 17.6. The Morgan fingerprint density at radius 2 is 1.86 bits per heavy atom. The second kappa shape index (κ2) is 11.0. The molecule has 0 aliphatic heterocycles. The number of benzene rings is 1. The van der Waals surface area contributed by atoms with Crippen LogP contribution in [0.4, 0.5) is 10.5 Å². The van der Waals surface area contributed by atoms with Crippen molar-refractivity contribution in [2.75, 3.05) is 5.32 Å². The number of pyridine rings is 1. The number of aromatic nitrogens is 1. The fraction of sp³-hybridized carbons (Fsp3) is 0.280. The third-order valence-electron chi connectivity index (χ3n) is 4.66. The maximum Gasteiger partial charge on any atom is 0.319 e. The van der Waals surface area contributed by atoms with Crippen LogP contribution in [0.2, 0.25) is 0 Å². The predicted octanol–water partition coefficient (Wildman–Crippen LogP) is 6.77. The van der Waals surface area contributed by atoms with E-state index in [4.69, 9.17) is 0 Å². The number of nitrogens with zero attached hydrogens (tertiary/aromatic N) is 1. The Morgan fingerprint density at radius 3 is 2.45 bits per heavy atom. The average molecular weight is 394 g/mol. The molecule has 2 N–H and O–H groups in total. The van der Waals surface area contributed by atoms with Crippen molar-refractivity contribution in [3.63, 3.8) is 0 Å². The van der Waals surface area contributed by atoms with Crippen molar-refractivity contribution in [2.45, 2.75) is 39.7 Å². The number of urea groups is 1. The highest BCUT2D eigenvalue weighted by Gasteiger charge is 2.15. The number of allylic oxidation sites excluding steroid dienone is 2. The number of rotatable bonds is 9. The van der Waals surface area contributed by atoms with Gasteiger partial charge in [-0.1, -0.05) is 57.4 Å². The molecule has 2 rings (SSSR count). The van der Waals surface area contributed by atoms with Crippen molar-refractivity contribution in [3.05, 3.63) is 85.2 Å². The monoisotopic (exact) mass is 393 g/mol. The summed E-state index contributed by atoms with van der Waals surface area (Å²) in [6, 6.07) is 11.5. The Balaban J connectivity index is 0.00000450. The molecule has 1 heterocycles. The van der Waals surface area contributed by atoms with Crippen LogP contribution < -0.4 is 10.6 Å². The number of carbonyl (C=O) groups excluding carboxylic acids is 1. The maximum atomic E-state index is 12.6. The highest BCUT2D eigenvalue weighted by molar-refractivity contribution is 5.90. The van der Waals surface area contributed by atoms with Crippen molar-refractivity contribution in [3.8, 4) is 11.1 Å². The topological polar surface area (TPSA) is 54.0 Å². The molecule has 2 amide bonds. The Bertz CT molecular complexity index is 877. The van der Waals surface area contributed by atoms with Gasteiger partial charge in [-0.15, -0.1) is 0 Å².